The second kappa shape index (κ2) is 6.39. The number of benzene rings is 1. The van der Waals surface area contributed by atoms with Gasteiger partial charge in [0.2, 0.25) is 0 Å². The first-order chi connectivity index (χ1) is 7.99. The Labute approximate surface area is 108 Å². The van der Waals surface area contributed by atoms with E-state index in [0.29, 0.717) is 5.56 Å². The molecule has 17 heavy (non-hydrogen) atoms. The summed E-state index contributed by atoms with van der Waals surface area (Å²) >= 11 is 3.26. The van der Waals surface area contributed by atoms with Crippen LogP contribution in [-0.2, 0) is 9.53 Å². The van der Waals surface area contributed by atoms with E-state index in [-0.39, 0.29) is 18.6 Å². The number of hydrogen-bond acceptors (Lipinski definition) is 3. The van der Waals surface area contributed by atoms with Gasteiger partial charge in [0, 0.05) is 10.5 Å². The van der Waals surface area contributed by atoms with Crippen LogP contribution >= 0.6 is 15.9 Å². The van der Waals surface area contributed by atoms with E-state index < -0.39 is 5.97 Å². The molecule has 0 spiro atoms. The van der Waals surface area contributed by atoms with E-state index in [2.05, 4.69) is 21.2 Å². The van der Waals surface area contributed by atoms with E-state index >= 15 is 0 Å². The first-order valence-electron chi connectivity index (χ1n) is 5.21. The third kappa shape index (κ3) is 4.99. The van der Waals surface area contributed by atoms with Gasteiger partial charge in [-0.2, -0.15) is 0 Å². The number of nitrogens with one attached hydrogen (secondary N) is 1. The number of ether oxygens (including phenoxy) is 1. The van der Waals surface area contributed by atoms with Crippen molar-refractivity contribution >= 4 is 27.8 Å². The molecule has 0 fully saturated rings. The molecule has 0 heterocycles. The third-order valence-electron chi connectivity index (χ3n) is 1.84. The molecule has 0 aliphatic carbocycles. The summed E-state index contributed by atoms with van der Waals surface area (Å²) in [5, 5.41) is 2.64. The Balaban J connectivity index is 2.48. The fraction of sp³-hybridized carbons (Fsp3) is 0.333. The normalized spacial score (nSPS) is 10.1. The molecule has 1 aromatic carbocycles. The summed E-state index contributed by atoms with van der Waals surface area (Å²) < 4.78 is 5.66. The molecule has 0 aromatic heterocycles. The van der Waals surface area contributed by atoms with Crippen molar-refractivity contribution in [2.45, 2.75) is 19.9 Å². The van der Waals surface area contributed by atoms with Crippen LogP contribution in [0.15, 0.2) is 28.7 Å². The number of carbonyl (C=O) groups is 2. The predicted octanol–water partition coefficient (Wildman–Crippen LogP) is 2.13. The lowest BCUT2D eigenvalue weighted by atomic mass is 10.2. The van der Waals surface area contributed by atoms with Crippen LogP contribution in [0.5, 0.6) is 0 Å². The SMILES string of the molecule is CC(C)NC(=O)COC(=O)c1cccc(Br)c1. The Bertz CT molecular complexity index is 418. The van der Waals surface area contributed by atoms with Gasteiger partial charge in [-0.3, -0.25) is 4.79 Å². The van der Waals surface area contributed by atoms with Gasteiger partial charge < -0.3 is 10.1 Å². The highest BCUT2D eigenvalue weighted by molar-refractivity contribution is 9.10. The number of esters is 1. The second-order valence-electron chi connectivity index (χ2n) is 3.81. The molecule has 0 bridgehead atoms. The summed E-state index contributed by atoms with van der Waals surface area (Å²) in [5.74, 6) is -0.812. The predicted molar refractivity (Wildman–Crippen MR) is 67.7 cm³/mol. The maximum absolute atomic E-state index is 11.6. The van der Waals surface area contributed by atoms with Crippen LogP contribution < -0.4 is 5.32 Å². The molecule has 1 amide bonds. The number of rotatable bonds is 4. The second-order valence-corrected chi connectivity index (χ2v) is 4.72. The highest BCUT2D eigenvalue weighted by Crippen LogP contribution is 2.12. The van der Waals surface area contributed by atoms with Crippen LogP contribution in [0.1, 0.15) is 24.2 Å². The molecule has 0 radical (unpaired) electrons. The van der Waals surface area contributed by atoms with Gasteiger partial charge in [0.15, 0.2) is 6.61 Å². The molecular weight excluding hydrogens is 286 g/mol. The first kappa shape index (κ1) is 13.7. The lowest BCUT2D eigenvalue weighted by molar-refractivity contribution is -0.124. The van der Waals surface area contributed by atoms with E-state index in [9.17, 15) is 9.59 Å². The largest absolute Gasteiger partial charge is 0.452 e. The van der Waals surface area contributed by atoms with Crippen molar-refractivity contribution in [3.63, 3.8) is 0 Å². The Morgan fingerprint density at radius 3 is 2.71 bits per heavy atom. The molecule has 0 unspecified atom stereocenters. The van der Waals surface area contributed by atoms with E-state index in [1.165, 1.54) is 0 Å². The maximum atomic E-state index is 11.6. The van der Waals surface area contributed by atoms with E-state index in [1.54, 1.807) is 18.2 Å². The number of carbonyl (C=O) groups excluding carboxylic acids is 2. The Morgan fingerprint density at radius 2 is 2.12 bits per heavy atom. The van der Waals surface area contributed by atoms with Gasteiger partial charge >= 0.3 is 5.97 Å². The molecule has 0 aliphatic heterocycles. The molecule has 1 N–H and O–H groups in total. The number of hydrogen-bond donors (Lipinski definition) is 1. The summed E-state index contributed by atoms with van der Waals surface area (Å²) in [6, 6.07) is 6.85. The Morgan fingerprint density at radius 1 is 1.41 bits per heavy atom. The zero-order chi connectivity index (χ0) is 12.8. The Kier molecular flexibility index (Phi) is 5.15. The van der Waals surface area contributed by atoms with Crippen LogP contribution in [0.2, 0.25) is 0 Å². The van der Waals surface area contributed by atoms with Gasteiger partial charge in [-0.1, -0.05) is 22.0 Å². The molecule has 5 heteroatoms. The van der Waals surface area contributed by atoms with E-state index in [4.69, 9.17) is 4.74 Å². The topological polar surface area (TPSA) is 55.4 Å². The van der Waals surface area contributed by atoms with Gasteiger partial charge in [0.25, 0.3) is 5.91 Å². The molecule has 0 atom stereocenters. The third-order valence-corrected chi connectivity index (χ3v) is 2.34. The summed E-state index contributed by atoms with van der Waals surface area (Å²) in [7, 11) is 0. The summed E-state index contributed by atoms with van der Waals surface area (Å²) in [5.41, 5.74) is 0.414. The van der Waals surface area contributed by atoms with Crippen molar-refractivity contribution in [1.82, 2.24) is 5.32 Å². The molecule has 0 saturated carbocycles. The van der Waals surface area contributed by atoms with E-state index in [1.807, 2.05) is 19.9 Å². The monoisotopic (exact) mass is 299 g/mol. The van der Waals surface area contributed by atoms with Crippen molar-refractivity contribution in [3.8, 4) is 0 Å². The summed E-state index contributed by atoms with van der Waals surface area (Å²) in [4.78, 5) is 22.8. The number of halogens is 1. The minimum atomic E-state index is -0.509. The van der Waals surface area contributed by atoms with Gasteiger partial charge in [0.05, 0.1) is 5.56 Å². The smallest absolute Gasteiger partial charge is 0.338 e. The average Bonchev–Trinajstić information content (AvgIpc) is 2.25. The molecule has 0 saturated heterocycles. The minimum absolute atomic E-state index is 0.0343. The fourth-order valence-corrected chi connectivity index (χ4v) is 1.59. The van der Waals surface area contributed by atoms with Crippen LogP contribution in [0.25, 0.3) is 0 Å². The van der Waals surface area contributed by atoms with Crippen LogP contribution in [0.4, 0.5) is 0 Å². The highest BCUT2D eigenvalue weighted by Gasteiger charge is 2.10. The lowest BCUT2D eigenvalue weighted by Gasteiger charge is -2.08. The van der Waals surface area contributed by atoms with Crippen LogP contribution in [0.3, 0.4) is 0 Å². The van der Waals surface area contributed by atoms with Crippen molar-refractivity contribution in [3.05, 3.63) is 34.3 Å². The molecule has 1 rings (SSSR count). The zero-order valence-corrected chi connectivity index (χ0v) is 11.3. The van der Waals surface area contributed by atoms with Gasteiger partial charge in [0.1, 0.15) is 0 Å². The number of amides is 1. The molecule has 1 aromatic rings. The fourth-order valence-electron chi connectivity index (χ4n) is 1.19. The first-order valence-corrected chi connectivity index (χ1v) is 6.00. The quantitative estimate of drug-likeness (QED) is 0.867. The highest BCUT2D eigenvalue weighted by atomic mass is 79.9. The summed E-state index contributed by atoms with van der Waals surface area (Å²) in [6.07, 6.45) is 0. The van der Waals surface area contributed by atoms with Crippen molar-refractivity contribution in [2.75, 3.05) is 6.61 Å². The van der Waals surface area contributed by atoms with Crippen LogP contribution in [0, 0.1) is 0 Å². The molecular formula is C12H14BrNO3. The minimum Gasteiger partial charge on any atom is -0.452 e. The standard InChI is InChI=1S/C12H14BrNO3/c1-8(2)14-11(15)7-17-12(16)9-4-3-5-10(13)6-9/h3-6,8H,7H2,1-2H3,(H,14,15). The molecule has 92 valence electrons. The van der Waals surface area contributed by atoms with Gasteiger partial charge in [-0.25, -0.2) is 4.79 Å². The zero-order valence-electron chi connectivity index (χ0n) is 9.70. The van der Waals surface area contributed by atoms with Crippen LogP contribution in [-0.4, -0.2) is 24.5 Å². The summed E-state index contributed by atoms with van der Waals surface area (Å²) in [6.45, 7) is 3.42. The van der Waals surface area contributed by atoms with Crippen molar-refractivity contribution in [2.24, 2.45) is 0 Å². The van der Waals surface area contributed by atoms with Gasteiger partial charge in [-0.15, -0.1) is 0 Å². The van der Waals surface area contributed by atoms with Crippen molar-refractivity contribution < 1.29 is 14.3 Å². The lowest BCUT2D eigenvalue weighted by Crippen LogP contribution is -2.33. The molecule has 0 aliphatic rings. The Hall–Kier alpha value is -1.36. The average molecular weight is 300 g/mol. The maximum Gasteiger partial charge on any atom is 0.338 e. The van der Waals surface area contributed by atoms with E-state index in [0.717, 1.165) is 4.47 Å². The molecule has 4 nitrogen and oxygen atoms in total. The van der Waals surface area contributed by atoms with Gasteiger partial charge in [-0.05, 0) is 32.0 Å². The van der Waals surface area contributed by atoms with Crippen molar-refractivity contribution in [1.29, 1.82) is 0 Å².